The van der Waals surface area contributed by atoms with Gasteiger partial charge in [-0.15, -0.1) is 6.58 Å². The molecule has 0 bridgehead atoms. The number of carbonyl (C=O) groups is 1. The van der Waals surface area contributed by atoms with Gasteiger partial charge in [-0.25, -0.2) is 4.39 Å². The van der Waals surface area contributed by atoms with E-state index in [0.29, 0.717) is 26.3 Å². The molecule has 19 heavy (non-hydrogen) atoms. The van der Waals surface area contributed by atoms with Crippen LogP contribution in [0.4, 0.5) is 4.39 Å². The highest BCUT2D eigenvalue weighted by Gasteiger charge is 2.21. The number of morpholine rings is 1. The van der Waals surface area contributed by atoms with E-state index in [1.807, 2.05) is 6.92 Å². The molecule has 0 radical (unpaired) electrons. The Morgan fingerprint density at radius 2 is 2.11 bits per heavy atom. The lowest BCUT2D eigenvalue weighted by atomic mass is 10.1. The number of hydrogen-bond donors (Lipinski definition) is 0. The molecule has 1 aliphatic heterocycles. The smallest absolute Gasteiger partial charge is 0.256 e. The van der Waals surface area contributed by atoms with Crippen molar-refractivity contribution in [3.05, 3.63) is 36.2 Å². The Bertz CT molecular complexity index is 382. The van der Waals surface area contributed by atoms with Crippen molar-refractivity contribution in [2.24, 2.45) is 5.92 Å². The first-order chi connectivity index (χ1) is 9.10. The van der Waals surface area contributed by atoms with Crippen molar-refractivity contribution in [3.8, 4) is 0 Å². The van der Waals surface area contributed by atoms with Crippen LogP contribution in [0.25, 0.3) is 0 Å². The lowest BCUT2D eigenvalue weighted by Crippen LogP contribution is -2.41. The SMILES string of the molecule is C=CC(C)C=C/C(C(=O)N1CCOCC1)=C(/F)CC. The molecule has 0 aliphatic carbocycles. The predicted octanol–water partition coefficient (Wildman–Crippen LogP) is 2.86. The van der Waals surface area contributed by atoms with Gasteiger partial charge in [-0.1, -0.05) is 32.1 Å². The van der Waals surface area contributed by atoms with Crippen molar-refractivity contribution in [3.63, 3.8) is 0 Å². The van der Waals surface area contributed by atoms with E-state index in [9.17, 15) is 9.18 Å². The number of rotatable bonds is 5. The number of ether oxygens (including phenoxy) is 1. The molecule has 106 valence electrons. The Morgan fingerprint density at radius 1 is 1.47 bits per heavy atom. The Labute approximate surface area is 114 Å². The van der Waals surface area contributed by atoms with E-state index in [4.69, 9.17) is 4.74 Å². The predicted molar refractivity (Wildman–Crippen MR) is 74.3 cm³/mol. The summed E-state index contributed by atoms with van der Waals surface area (Å²) < 4.78 is 19.1. The van der Waals surface area contributed by atoms with Crippen LogP contribution in [0, 0.1) is 5.92 Å². The molecule has 1 rings (SSSR count). The van der Waals surface area contributed by atoms with Crippen molar-refractivity contribution in [2.75, 3.05) is 26.3 Å². The zero-order chi connectivity index (χ0) is 14.3. The molecular formula is C15H22FNO2. The summed E-state index contributed by atoms with van der Waals surface area (Å²) in [7, 11) is 0. The van der Waals surface area contributed by atoms with Crippen LogP contribution in [0.15, 0.2) is 36.2 Å². The molecule has 4 heteroatoms. The van der Waals surface area contributed by atoms with Gasteiger partial charge in [-0.2, -0.15) is 0 Å². The van der Waals surface area contributed by atoms with Gasteiger partial charge in [0.2, 0.25) is 0 Å². The third-order valence-electron chi connectivity index (χ3n) is 3.07. The van der Waals surface area contributed by atoms with Gasteiger partial charge in [-0.3, -0.25) is 4.79 Å². The number of hydrogen-bond acceptors (Lipinski definition) is 2. The molecule has 0 aromatic rings. The first-order valence-corrected chi connectivity index (χ1v) is 6.66. The van der Waals surface area contributed by atoms with Gasteiger partial charge in [-0.05, 0) is 12.3 Å². The maximum absolute atomic E-state index is 13.9. The molecule has 1 saturated heterocycles. The summed E-state index contributed by atoms with van der Waals surface area (Å²) >= 11 is 0. The van der Waals surface area contributed by atoms with Crippen LogP contribution in [0.5, 0.6) is 0 Å². The summed E-state index contributed by atoms with van der Waals surface area (Å²) in [6, 6.07) is 0. The summed E-state index contributed by atoms with van der Waals surface area (Å²) in [6.45, 7) is 9.36. The molecule has 0 aromatic heterocycles. The maximum Gasteiger partial charge on any atom is 0.256 e. The van der Waals surface area contributed by atoms with Crippen LogP contribution >= 0.6 is 0 Å². The second-order valence-electron chi connectivity index (χ2n) is 4.53. The van der Waals surface area contributed by atoms with E-state index in [0.717, 1.165) is 0 Å². The molecule has 1 heterocycles. The van der Waals surface area contributed by atoms with Crippen LogP contribution in [-0.2, 0) is 9.53 Å². The van der Waals surface area contributed by atoms with Gasteiger partial charge < -0.3 is 9.64 Å². The van der Waals surface area contributed by atoms with Crippen LogP contribution in [0.3, 0.4) is 0 Å². The number of amides is 1. The Kier molecular flexibility index (Phi) is 6.50. The summed E-state index contributed by atoms with van der Waals surface area (Å²) in [5, 5.41) is 0. The summed E-state index contributed by atoms with van der Waals surface area (Å²) in [5.74, 6) is -0.517. The van der Waals surface area contributed by atoms with E-state index >= 15 is 0 Å². The van der Waals surface area contributed by atoms with Gasteiger partial charge in [0.05, 0.1) is 18.8 Å². The lowest BCUT2D eigenvalue weighted by molar-refractivity contribution is -0.130. The van der Waals surface area contributed by atoms with E-state index < -0.39 is 0 Å². The third-order valence-corrected chi connectivity index (χ3v) is 3.07. The monoisotopic (exact) mass is 267 g/mol. The van der Waals surface area contributed by atoms with Gasteiger partial charge in [0.15, 0.2) is 0 Å². The van der Waals surface area contributed by atoms with Gasteiger partial charge >= 0.3 is 0 Å². The fourth-order valence-corrected chi connectivity index (χ4v) is 1.73. The zero-order valence-corrected chi connectivity index (χ0v) is 11.7. The Balaban J connectivity index is 2.88. The molecule has 1 amide bonds. The van der Waals surface area contributed by atoms with Crippen LogP contribution in [0.2, 0.25) is 0 Å². The quantitative estimate of drug-likeness (QED) is 0.435. The first kappa shape index (κ1) is 15.6. The first-order valence-electron chi connectivity index (χ1n) is 6.66. The molecular weight excluding hydrogens is 245 g/mol. The van der Waals surface area contributed by atoms with Crippen molar-refractivity contribution >= 4 is 5.91 Å². The fourth-order valence-electron chi connectivity index (χ4n) is 1.73. The zero-order valence-electron chi connectivity index (χ0n) is 11.7. The lowest BCUT2D eigenvalue weighted by Gasteiger charge is -2.27. The Hall–Kier alpha value is -1.42. The van der Waals surface area contributed by atoms with Gasteiger partial charge in [0.1, 0.15) is 5.83 Å². The molecule has 3 nitrogen and oxygen atoms in total. The molecule has 0 aromatic carbocycles. The minimum atomic E-state index is -0.371. The number of carbonyl (C=O) groups excluding carboxylic acids is 1. The van der Waals surface area contributed by atoms with Crippen LogP contribution < -0.4 is 0 Å². The van der Waals surface area contributed by atoms with Crippen molar-refractivity contribution in [2.45, 2.75) is 20.3 Å². The summed E-state index contributed by atoms with van der Waals surface area (Å²) in [6.07, 6.45) is 5.33. The average Bonchev–Trinajstić information content (AvgIpc) is 2.47. The number of nitrogens with zero attached hydrogens (tertiary/aromatic N) is 1. The average molecular weight is 267 g/mol. The Morgan fingerprint density at radius 3 is 2.63 bits per heavy atom. The van der Waals surface area contributed by atoms with E-state index in [-0.39, 0.29) is 29.6 Å². The minimum absolute atomic E-state index is 0.108. The normalized spacial score (nSPS) is 19.2. The van der Waals surface area contributed by atoms with Gasteiger partial charge in [0.25, 0.3) is 5.91 Å². The highest BCUT2D eigenvalue weighted by Crippen LogP contribution is 2.17. The van der Waals surface area contributed by atoms with E-state index in [1.54, 1.807) is 30.1 Å². The minimum Gasteiger partial charge on any atom is -0.378 e. The summed E-state index contributed by atoms with van der Waals surface area (Å²) in [4.78, 5) is 13.9. The van der Waals surface area contributed by atoms with Gasteiger partial charge in [0, 0.05) is 13.1 Å². The highest BCUT2D eigenvalue weighted by molar-refractivity contribution is 5.96. The molecule has 0 N–H and O–H groups in total. The van der Waals surface area contributed by atoms with E-state index in [2.05, 4.69) is 6.58 Å². The third kappa shape index (κ3) is 4.63. The molecule has 0 saturated carbocycles. The molecule has 1 unspecified atom stereocenters. The summed E-state index contributed by atoms with van der Waals surface area (Å²) in [5.41, 5.74) is 0.151. The second-order valence-corrected chi connectivity index (χ2v) is 4.53. The molecule has 1 atom stereocenters. The standard InChI is InChI=1S/C15H22FNO2/c1-4-12(3)6-7-13(14(16)5-2)15(18)17-8-10-19-11-9-17/h4,6-7,12H,1,5,8-11H2,2-3H3/b7-6?,14-13-. The van der Waals surface area contributed by atoms with Crippen LogP contribution in [-0.4, -0.2) is 37.1 Å². The largest absolute Gasteiger partial charge is 0.378 e. The second kappa shape index (κ2) is 7.89. The molecule has 0 spiro atoms. The molecule has 1 fully saturated rings. The van der Waals surface area contributed by atoms with Crippen molar-refractivity contribution < 1.29 is 13.9 Å². The molecule has 1 aliphatic rings. The van der Waals surface area contributed by atoms with E-state index in [1.165, 1.54) is 0 Å². The number of halogens is 1. The fraction of sp³-hybridized carbons (Fsp3) is 0.533. The topological polar surface area (TPSA) is 29.5 Å². The van der Waals surface area contributed by atoms with Crippen LogP contribution in [0.1, 0.15) is 20.3 Å². The van der Waals surface area contributed by atoms with Crippen molar-refractivity contribution in [1.82, 2.24) is 4.90 Å². The number of allylic oxidation sites excluding steroid dienone is 3. The van der Waals surface area contributed by atoms with Crippen molar-refractivity contribution in [1.29, 1.82) is 0 Å². The maximum atomic E-state index is 13.9. The highest BCUT2D eigenvalue weighted by atomic mass is 19.1.